The average Bonchev–Trinajstić information content (AvgIpc) is 2.34. The maximum absolute atomic E-state index is 5.70. The van der Waals surface area contributed by atoms with E-state index in [1.165, 1.54) is 0 Å². The van der Waals surface area contributed by atoms with Gasteiger partial charge in [0.15, 0.2) is 0 Å². The van der Waals surface area contributed by atoms with Gasteiger partial charge in [0.25, 0.3) is 0 Å². The van der Waals surface area contributed by atoms with E-state index in [-0.39, 0.29) is 6.04 Å². The summed E-state index contributed by atoms with van der Waals surface area (Å²) in [6.45, 7) is 6.14. The molecule has 3 nitrogen and oxygen atoms in total. The summed E-state index contributed by atoms with van der Waals surface area (Å²) in [4.78, 5) is 7.61. The Morgan fingerprint density at radius 2 is 2.25 bits per heavy atom. The normalized spacial score (nSPS) is 13.3. The van der Waals surface area contributed by atoms with E-state index in [2.05, 4.69) is 16.9 Å². The highest BCUT2D eigenvalue weighted by atomic mass is 15.0. The van der Waals surface area contributed by atoms with Gasteiger partial charge in [-0.25, -0.2) is 4.98 Å². The molecule has 0 aliphatic rings. The number of aromatic amines is 1. The van der Waals surface area contributed by atoms with Crippen molar-refractivity contribution in [3.05, 3.63) is 17.2 Å². The Morgan fingerprint density at radius 1 is 1.58 bits per heavy atom. The molecule has 0 saturated carbocycles. The molecule has 1 aromatic heterocycles. The molecule has 3 N–H and O–H groups in total. The van der Waals surface area contributed by atoms with Crippen molar-refractivity contribution in [2.24, 2.45) is 5.73 Å². The molecule has 0 radical (unpaired) electrons. The number of imidazole rings is 1. The van der Waals surface area contributed by atoms with Crippen LogP contribution in [0.1, 0.15) is 43.5 Å². The van der Waals surface area contributed by atoms with Gasteiger partial charge in [0, 0.05) is 5.69 Å². The Morgan fingerprint density at radius 3 is 2.67 bits per heavy atom. The summed E-state index contributed by atoms with van der Waals surface area (Å²) in [6, 6.07) is 0.00862. The van der Waals surface area contributed by atoms with Crippen LogP contribution in [0.25, 0.3) is 0 Å². The number of H-pyrrole nitrogens is 1. The van der Waals surface area contributed by atoms with Gasteiger partial charge in [-0.2, -0.15) is 0 Å². The zero-order valence-corrected chi connectivity index (χ0v) is 8.02. The average molecular weight is 167 g/mol. The van der Waals surface area contributed by atoms with Gasteiger partial charge >= 0.3 is 0 Å². The van der Waals surface area contributed by atoms with E-state index in [1.54, 1.807) is 0 Å². The van der Waals surface area contributed by atoms with E-state index in [4.69, 9.17) is 5.73 Å². The second-order valence-electron chi connectivity index (χ2n) is 3.23. The molecule has 1 atom stereocenters. The Hall–Kier alpha value is -0.830. The fourth-order valence-corrected chi connectivity index (χ4v) is 1.22. The largest absolute Gasteiger partial charge is 0.345 e. The molecule has 0 aliphatic carbocycles. The van der Waals surface area contributed by atoms with E-state index >= 15 is 0 Å². The Labute approximate surface area is 73.4 Å². The van der Waals surface area contributed by atoms with Crippen molar-refractivity contribution in [3.63, 3.8) is 0 Å². The van der Waals surface area contributed by atoms with Gasteiger partial charge in [-0.3, -0.25) is 0 Å². The molecule has 0 bridgehead atoms. The summed E-state index contributed by atoms with van der Waals surface area (Å²) in [7, 11) is 0. The van der Waals surface area contributed by atoms with Crippen molar-refractivity contribution in [3.8, 4) is 0 Å². The van der Waals surface area contributed by atoms with Crippen molar-refractivity contribution in [2.75, 3.05) is 0 Å². The van der Waals surface area contributed by atoms with Crippen molar-refractivity contribution in [1.29, 1.82) is 0 Å². The van der Waals surface area contributed by atoms with E-state index in [0.717, 1.165) is 30.1 Å². The molecule has 1 heterocycles. The molecule has 68 valence electrons. The number of hydrogen-bond donors (Lipinski definition) is 2. The number of aromatic nitrogens is 2. The van der Waals surface area contributed by atoms with Crippen LogP contribution in [0.15, 0.2) is 0 Å². The maximum Gasteiger partial charge on any atom is 0.123 e. The molecule has 0 aliphatic heterocycles. The summed E-state index contributed by atoms with van der Waals surface area (Å²) >= 11 is 0. The van der Waals surface area contributed by atoms with Gasteiger partial charge in [0.2, 0.25) is 0 Å². The number of nitrogens with two attached hydrogens (primary N) is 1. The predicted molar refractivity (Wildman–Crippen MR) is 49.9 cm³/mol. The molecule has 1 rings (SSSR count). The maximum atomic E-state index is 5.70. The van der Waals surface area contributed by atoms with E-state index < -0.39 is 0 Å². The first-order valence-electron chi connectivity index (χ1n) is 4.46. The summed E-state index contributed by atoms with van der Waals surface area (Å²) in [5, 5.41) is 0. The number of rotatable bonds is 3. The standard InChI is InChI=1S/C9H17N3/c1-4-5-8-7(3)11-9(12-8)6(2)10/h6H,4-5,10H2,1-3H3,(H,11,12). The second-order valence-corrected chi connectivity index (χ2v) is 3.23. The van der Waals surface area contributed by atoms with Crippen LogP contribution in [-0.4, -0.2) is 9.97 Å². The summed E-state index contributed by atoms with van der Waals surface area (Å²) < 4.78 is 0. The van der Waals surface area contributed by atoms with Crippen LogP contribution in [0, 0.1) is 6.92 Å². The number of aryl methyl sites for hydroxylation is 2. The fourth-order valence-electron chi connectivity index (χ4n) is 1.22. The molecule has 0 amide bonds. The van der Waals surface area contributed by atoms with Gasteiger partial charge in [0.1, 0.15) is 5.82 Å². The van der Waals surface area contributed by atoms with E-state index in [1.807, 2.05) is 13.8 Å². The summed E-state index contributed by atoms with van der Waals surface area (Å²) in [6.07, 6.45) is 2.17. The van der Waals surface area contributed by atoms with Crippen LogP contribution in [0.3, 0.4) is 0 Å². The Bertz CT molecular complexity index is 250. The predicted octanol–water partition coefficient (Wildman–Crippen LogP) is 1.69. The molecule has 0 fully saturated rings. The zero-order chi connectivity index (χ0) is 9.14. The quantitative estimate of drug-likeness (QED) is 0.719. The molecular formula is C9H17N3. The lowest BCUT2D eigenvalue weighted by atomic mass is 10.2. The van der Waals surface area contributed by atoms with Crippen LogP contribution >= 0.6 is 0 Å². The van der Waals surface area contributed by atoms with Gasteiger partial charge < -0.3 is 10.7 Å². The fraction of sp³-hybridized carbons (Fsp3) is 0.667. The van der Waals surface area contributed by atoms with Crippen LogP contribution < -0.4 is 5.73 Å². The first-order chi connectivity index (χ1) is 5.65. The molecule has 1 unspecified atom stereocenters. The lowest BCUT2D eigenvalue weighted by molar-refractivity contribution is 0.748. The summed E-state index contributed by atoms with van der Waals surface area (Å²) in [5.74, 6) is 0.899. The highest BCUT2D eigenvalue weighted by molar-refractivity contribution is 5.14. The highest BCUT2D eigenvalue weighted by Crippen LogP contribution is 2.11. The number of hydrogen-bond acceptors (Lipinski definition) is 2. The minimum absolute atomic E-state index is 0.00862. The van der Waals surface area contributed by atoms with Crippen LogP contribution in [-0.2, 0) is 6.42 Å². The Balaban J connectivity index is 2.85. The summed E-state index contributed by atoms with van der Waals surface area (Å²) in [5.41, 5.74) is 8.01. The van der Waals surface area contributed by atoms with Crippen molar-refractivity contribution in [2.45, 2.75) is 39.7 Å². The third-order valence-corrected chi connectivity index (χ3v) is 1.92. The second kappa shape index (κ2) is 3.72. The smallest absolute Gasteiger partial charge is 0.123 e. The van der Waals surface area contributed by atoms with Gasteiger partial charge in [-0.05, 0) is 20.3 Å². The highest BCUT2D eigenvalue weighted by Gasteiger charge is 2.07. The van der Waals surface area contributed by atoms with Gasteiger partial charge in [-0.15, -0.1) is 0 Å². The van der Waals surface area contributed by atoms with Crippen LogP contribution in [0.5, 0.6) is 0 Å². The van der Waals surface area contributed by atoms with E-state index in [9.17, 15) is 0 Å². The first kappa shape index (κ1) is 9.26. The SMILES string of the molecule is CCCc1nc(C(C)N)[nH]c1C. The first-order valence-corrected chi connectivity index (χ1v) is 4.46. The van der Waals surface area contributed by atoms with Gasteiger partial charge in [0.05, 0.1) is 11.7 Å². The molecule has 12 heavy (non-hydrogen) atoms. The van der Waals surface area contributed by atoms with Crippen LogP contribution in [0.4, 0.5) is 0 Å². The molecule has 1 aromatic rings. The number of nitrogens with zero attached hydrogens (tertiary/aromatic N) is 1. The third-order valence-electron chi connectivity index (χ3n) is 1.92. The number of nitrogens with one attached hydrogen (secondary N) is 1. The van der Waals surface area contributed by atoms with Crippen LogP contribution in [0.2, 0.25) is 0 Å². The van der Waals surface area contributed by atoms with Gasteiger partial charge in [-0.1, -0.05) is 13.3 Å². The topological polar surface area (TPSA) is 54.7 Å². The van der Waals surface area contributed by atoms with E-state index in [0.29, 0.717) is 0 Å². The zero-order valence-electron chi connectivity index (χ0n) is 8.02. The third kappa shape index (κ3) is 1.85. The lowest BCUT2D eigenvalue weighted by Gasteiger charge is -1.97. The minimum atomic E-state index is 0.00862. The van der Waals surface area contributed by atoms with Crippen molar-refractivity contribution < 1.29 is 0 Å². The minimum Gasteiger partial charge on any atom is -0.345 e. The monoisotopic (exact) mass is 167 g/mol. The molecular weight excluding hydrogens is 150 g/mol. The van der Waals surface area contributed by atoms with Crippen molar-refractivity contribution in [1.82, 2.24) is 9.97 Å². The molecule has 0 spiro atoms. The molecule has 0 aromatic carbocycles. The Kier molecular flexibility index (Phi) is 2.87. The molecule has 3 heteroatoms. The lowest BCUT2D eigenvalue weighted by Crippen LogP contribution is -2.06. The van der Waals surface area contributed by atoms with Crippen molar-refractivity contribution >= 4 is 0 Å². The molecule has 0 saturated heterocycles.